The molecule has 28 heavy (non-hydrogen) atoms. The molecule has 0 aliphatic rings. The number of carbonyl (C=O) groups excluding carboxylic acids is 1. The third-order valence-corrected chi connectivity index (χ3v) is 7.52. The van der Waals surface area contributed by atoms with E-state index < -0.39 is 13.1 Å². The maximum atomic E-state index is 14.4. The van der Waals surface area contributed by atoms with Gasteiger partial charge in [-0.15, -0.1) is 0 Å². The molecule has 4 heteroatoms. The lowest BCUT2D eigenvalue weighted by Gasteiger charge is -2.22. The summed E-state index contributed by atoms with van der Waals surface area (Å²) in [5.41, 5.74) is 1.01. The minimum atomic E-state index is -3.25. The summed E-state index contributed by atoms with van der Waals surface area (Å²) in [5.74, 6) is -0.507. The van der Waals surface area contributed by atoms with E-state index in [1.807, 2.05) is 66.7 Å². The summed E-state index contributed by atoms with van der Waals surface area (Å²) in [5, 5.41) is 1.73. The third kappa shape index (κ3) is 4.05. The molecule has 3 nitrogen and oxygen atoms in total. The Kier molecular flexibility index (Phi) is 6.08. The molecule has 3 aromatic carbocycles. The van der Waals surface area contributed by atoms with Crippen molar-refractivity contribution in [1.82, 2.24) is 0 Å². The van der Waals surface area contributed by atoms with E-state index in [4.69, 9.17) is 4.74 Å². The van der Waals surface area contributed by atoms with Crippen LogP contribution in [-0.4, -0.2) is 5.97 Å². The maximum Gasteiger partial charge on any atom is 0.342 e. The van der Waals surface area contributed by atoms with Crippen molar-refractivity contribution >= 4 is 23.7 Å². The van der Waals surface area contributed by atoms with Crippen molar-refractivity contribution in [1.29, 1.82) is 0 Å². The van der Waals surface area contributed by atoms with E-state index in [1.54, 1.807) is 31.2 Å². The Morgan fingerprint density at radius 1 is 0.821 bits per heavy atom. The average molecular weight is 388 g/mol. The van der Waals surface area contributed by atoms with Gasteiger partial charge in [0.05, 0.1) is 10.9 Å². The van der Waals surface area contributed by atoms with Crippen molar-refractivity contribution in [3.63, 3.8) is 0 Å². The summed E-state index contributed by atoms with van der Waals surface area (Å²) in [6.07, 6.45) is 1.29. The minimum Gasteiger partial charge on any atom is -0.430 e. The van der Waals surface area contributed by atoms with Crippen LogP contribution in [0.5, 0.6) is 0 Å². The van der Waals surface area contributed by atoms with Gasteiger partial charge in [-0.3, -0.25) is 0 Å². The zero-order chi connectivity index (χ0) is 20.0. The smallest absolute Gasteiger partial charge is 0.342 e. The van der Waals surface area contributed by atoms with E-state index in [1.165, 1.54) is 6.26 Å². The van der Waals surface area contributed by atoms with Gasteiger partial charge in [0.15, 0.2) is 7.14 Å². The highest BCUT2D eigenvalue weighted by Gasteiger charge is 2.33. The van der Waals surface area contributed by atoms with Crippen LogP contribution >= 0.6 is 7.14 Å². The lowest BCUT2D eigenvalue weighted by molar-refractivity contribution is 0.0662. The van der Waals surface area contributed by atoms with Gasteiger partial charge in [0, 0.05) is 10.6 Å². The summed E-state index contributed by atoms with van der Waals surface area (Å²) in [4.78, 5) is 12.4. The van der Waals surface area contributed by atoms with Gasteiger partial charge < -0.3 is 9.30 Å². The predicted molar refractivity (Wildman–Crippen MR) is 115 cm³/mol. The molecule has 0 aliphatic heterocycles. The van der Waals surface area contributed by atoms with Gasteiger partial charge in [0.25, 0.3) is 0 Å². The number of benzene rings is 3. The average Bonchev–Trinajstić information content (AvgIpc) is 2.75. The SMILES string of the molecule is C=C(C)/C(=C\OC(=O)c1ccccc1)P(=O)(c1ccccc1)c1ccccc1. The first-order valence-corrected chi connectivity index (χ1v) is 10.6. The monoisotopic (exact) mass is 388 g/mol. The minimum absolute atomic E-state index is 0.411. The van der Waals surface area contributed by atoms with Crippen LogP contribution in [0.2, 0.25) is 0 Å². The summed E-state index contributed by atoms with van der Waals surface area (Å²) >= 11 is 0. The highest BCUT2D eigenvalue weighted by Crippen LogP contribution is 2.54. The van der Waals surface area contributed by atoms with E-state index in [2.05, 4.69) is 6.58 Å². The highest BCUT2D eigenvalue weighted by molar-refractivity contribution is 7.82. The fraction of sp³-hybridized carbons (Fsp3) is 0.0417. The van der Waals surface area contributed by atoms with Crippen molar-refractivity contribution in [2.45, 2.75) is 6.92 Å². The number of hydrogen-bond donors (Lipinski definition) is 0. The van der Waals surface area contributed by atoms with Gasteiger partial charge in [-0.25, -0.2) is 4.79 Å². The van der Waals surface area contributed by atoms with Gasteiger partial charge in [-0.05, 0) is 24.6 Å². The standard InChI is InChI=1S/C24H21O3P/c1-19(2)23(18-27-24(25)20-12-6-3-7-13-20)28(26,21-14-8-4-9-15-21)22-16-10-5-11-17-22/h3-18H,1H2,2H3/b23-18+. The number of carbonyl (C=O) groups is 1. The molecule has 0 aliphatic carbocycles. The molecule has 0 spiro atoms. The first kappa shape index (κ1) is 19.6. The fourth-order valence-electron chi connectivity index (χ4n) is 2.90. The second kappa shape index (κ2) is 8.69. The molecule has 140 valence electrons. The summed E-state index contributed by atoms with van der Waals surface area (Å²) in [6, 6.07) is 27.1. The number of hydrogen-bond acceptors (Lipinski definition) is 3. The molecule has 0 amide bonds. The van der Waals surface area contributed by atoms with Crippen molar-refractivity contribution < 1.29 is 14.1 Å². The Morgan fingerprint density at radius 3 is 1.68 bits per heavy atom. The molecule has 0 bridgehead atoms. The molecule has 0 unspecified atom stereocenters. The molecule has 0 saturated carbocycles. The van der Waals surface area contributed by atoms with Gasteiger partial charge >= 0.3 is 5.97 Å². The van der Waals surface area contributed by atoms with Crippen LogP contribution in [0, 0.1) is 0 Å². The van der Waals surface area contributed by atoms with Crippen LogP contribution < -0.4 is 10.6 Å². The molecule has 0 N–H and O–H groups in total. The molecule has 0 radical (unpaired) electrons. The molecule has 0 saturated heterocycles. The predicted octanol–water partition coefficient (Wildman–Crippen LogP) is 5.28. The first-order valence-electron chi connectivity index (χ1n) is 8.87. The van der Waals surface area contributed by atoms with E-state index in [0.717, 1.165) is 0 Å². The van der Waals surface area contributed by atoms with Crippen LogP contribution in [0.15, 0.2) is 115 Å². The summed E-state index contributed by atoms with van der Waals surface area (Å²) in [6.45, 7) is 5.76. The van der Waals surface area contributed by atoms with Crippen LogP contribution in [-0.2, 0) is 9.30 Å². The molecular weight excluding hydrogens is 367 g/mol. The summed E-state index contributed by atoms with van der Waals surface area (Å²) < 4.78 is 19.8. The Hall–Kier alpha value is -3.16. The molecule has 3 aromatic rings. The zero-order valence-corrected chi connectivity index (χ0v) is 16.5. The van der Waals surface area contributed by atoms with E-state index in [9.17, 15) is 9.36 Å². The number of allylic oxidation sites excluding steroid dienone is 2. The van der Waals surface area contributed by atoms with Gasteiger partial charge in [-0.2, -0.15) is 0 Å². The fourth-order valence-corrected chi connectivity index (χ4v) is 5.68. The molecule has 0 aromatic heterocycles. The second-order valence-corrected chi connectivity index (χ2v) is 9.07. The Balaban J connectivity index is 2.09. The third-order valence-electron chi connectivity index (χ3n) is 4.30. The first-order chi connectivity index (χ1) is 13.5. The molecule has 0 atom stereocenters. The van der Waals surface area contributed by atoms with Crippen LogP contribution in [0.3, 0.4) is 0 Å². The van der Waals surface area contributed by atoms with Crippen LogP contribution in [0.1, 0.15) is 17.3 Å². The molecular formula is C24H21O3P. The maximum absolute atomic E-state index is 14.4. The van der Waals surface area contributed by atoms with E-state index >= 15 is 0 Å². The normalized spacial score (nSPS) is 11.7. The summed E-state index contributed by atoms with van der Waals surface area (Å²) in [7, 11) is -3.25. The van der Waals surface area contributed by atoms with Crippen molar-refractivity contribution in [2.24, 2.45) is 0 Å². The number of esters is 1. The van der Waals surface area contributed by atoms with Crippen molar-refractivity contribution in [3.8, 4) is 0 Å². The Morgan fingerprint density at radius 2 is 1.25 bits per heavy atom. The van der Waals surface area contributed by atoms with Crippen molar-refractivity contribution in [3.05, 3.63) is 120 Å². The van der Waals surface area contributed by atoms with Gasteiger partial charge in [0.1, 0.15) is 6.26 Å². The zero-order valence-electron chi connectivity index (χ0n) is 15.6. The topological polar surface area (TPSA) is 43.4 Å². The highest BCUT2D eigenvalue weighted by atomic mass is 31.2. The van der Waals surface area contributed by atoms with E-state index in [-0.39, 0.29) is 0 Å². The number of rotatable bonds is 6. The lowest BCUT2D eigenvalue weighted by atomic mass is 10.2. The van der Waals surface area contributed by atoms with E-state index in [0.29, 0.717) is 27.1 Å². The second-order valence-electron chi connectivity index (χ2n) is 6.34. The lowest BCUT2D eigenvalue weighted by Crippen LogP contribution is -2.18. The Bertz CT molecular complexity index is 995. The van der Waals surface area contributed by atoms with Crippen molar-refractivity contribution in [2.75, 3.05) is 0 Å². The Labute approximate surface area is 165 Å². The molecule has 3 rings (SSSR count). The molecule has 0 fully saturated rings. The van der Waals surface area contributed by atoms with Gasteiger partial charge in [0.2, 0.25) is 0 Å². The van der Waals surface area contributed by atoms with Crippen LogP contribution in [0.4, 0.5) is 0 Å². The quantitative estimate of drug-likeness (QED) is 0.250. The van der Waals surface area contributed by atoms with Gasteiger partial charge in [-0.1, -0.05) is 85.4 Å². The largest absolute Gasteiger partial charge is 0.430 e. The van der Waals surface area contributed by atoms with Crippen LogP contribution in [0.25, 0.3) is 0 Å². The number of ether oxygens (including phenoxy) is 1. The molecule has 0 heterocycles.